The molecule has 0 aromatic heterocycles. The van der Waals surface area contributed by atoms with Gasteiger partial charge in [-0.1, -0.05) is 0 Å². The molecule has 1 aromatic carbocycles. The van der Waals surface area contributed by atoms with Crippen LogP contribution in [0.4, 0.5) is 0 Å². The van der Waals surface area contributed by atoms with Crippen molar-refractivity contribution < 1.29 is 19.0 Å². The predicted molar refractivity (Wildman–Crippen MR) is 63.2 cm³/mol. The summed E-state index contributed by atoms with van der Waals surface area (Å²) in [5, 5.41) is 0. The molecule has 16 heavy (non-hydrogen) atoms. The number of hydrogen-bond donors (Lipinski definition) is 0. The van der Waals surface area contributed by atoms with Crippen LogP contribution in [0, 0.1) is 0 Å². The number of halogens is 1. The number of rotatable bonds is 4. The Morgan fingerprint density at radius 2 is 2.00 bits per heavy atom. The molecule has 0 saturated heterocycles. The first-order valence-corrected chi connectivity index (χ1v) is 5.52. The van der Waals surface area contributed by atoms with Crippen molar-refractivity contribution in [3.8, 4) is 11.5 Å². The molecule has 0 fully saturated rings. The lowest BCUT2D eigenvalue weighted by Gasteiger charge is -2.13. The fraction of sp³-hybridized carbons (Fsp3) is 0.364. The Bertz CT molecular complexity index is 390. The lowest BCUT2D eigenvalue weighted by Crippen LogP contribution is -2.09. The van der Waals surface area contributed by atoms with Gasteiger partial charge in [-0.05, 0) is 35.0 Å². The van der Waals surface area contributed by atoms with Crippen LogP contribution in [0.2, 0.25) is 0 Å². The van der Waals surface area contributed by atoms with Crippen molar-refractivity contribution in [3.05, 3.63) is 22.2 Å². The second-order valence-corrected chi connectivity index (χ2v) is 3.73. The van der Waals surface area contributed by atoms with E-state index in [1.807, 2.05) is 0 Å². The van der Waals surface area contributed by atoms with E-state index in [2.05, 4.69) is 15.9 Å². The third-order valence-electron chi connectivity index (χ3n) is 1.98. The van der Waals surface area contributed by atoms with Gasteiger partial charge in [0.1, 0.15) is 11.3 Å². The van der Waals surface area contributed by atoms with Gasteiger partial charge >= 0.3 is 5.97 Å². The van der Waals surface area contributed by atoms with Gasteiger partial charge in [0.15, 0.2) is 5.75 Å². The van der Waals surface area contributed by atoms with E-state index in [9.17, 15) is 4.79 Å². The van der Waals surface area contributed by atoms with E-state index in [0.717, 1.165) is 0 Å². The first kappa shape index (κ1) is 12.8. The molecule has 0 amide bonds. The average molecular weight is 289 g/mol. The Morgan fingerprint density at radius 3 is 2.50 bits per heavy atom. The average Bonchev–Trinajstić information content (AvgIpc) is 2.28. The molecular formula is C11H13BrO4. The number of hydrogen-bond acceptors (Lipinski definition) is 4. The third kappa shape index (κ3) is 2.47. The molecule has 0 atom stereocenters. The summed E-state index contributed by atoms with van der Waals surface area (Å²) in [6, 6.07) is 3.43. The number of carbonyl (C=O) groups excluding carboxylic acids is 1. The van der Waals surface area contributed by atoms with Crippen LogP contribution in [0.15, 0.2) is 16.6 Å². The monoisotopic (exact) mass is 288 g/mol. The van der Waals surface area contributed by atoms with Crippen LogP contribution >= 0.6 is 15.9 Å². The fourth-order valence-electron chi connectivity index (χ4n) is 1.31. The molecule has 88 valence electrons. The highest BCUT2D eigenvalue weighted by Gasteiger charge is 2.21. The Morgan fingerprint density at radius 1 is 1.31 bits per heavy atom. The van der Waals surface area contributed by atoms with Crippen molar-refractivity contribution in [2.75, 3.05) is 20.8 Å². The molecule has 0 spiro atoms. The van der Waals surface area contributed by atoms with Gasteiger partial charge in [0.25, 0.3) is 0 Å². The van der Waals surface area contributed by atoms with Gasteiger partial charge in [0.2, 0.25) is 0 Å². The maximum atomic E-state index is 11.8. The SMILES string of the molecule is CCOC(=O)c1c(OC)ccc(Br)c1OC. The smallest absolute Gasteiger partial charge is 0.345 e. The summed E-state index contributed by atoms with van der Waals surface area (Å²) in [6.07, 6.45) is 0. The normalized spacial score (nSPS) is 9.75. The molecule has 1 aromatic rings. The van der Waals surface area contributed by atoms with Crippen LogP contribution in [0.25, 0.3) is 0 Å². The minimum Gasteiger partial charge on any atom is -0.496 e. The predicted octanol–water partition coefficient (Wildman–Crippen LogP) is 2.64. The molecule has 0 aliphatic heterocycles. The van der Waals surface area contributed by atoms with Gasteiger partial charge in [-0.15, -0.1) is 0 Å². The fourth-order valence-corrected chi connectivity index (χ4v) is 1.80. The third-order valence-corrected chi connectivity index (χ3v) is 2.60. The zero-order chi connectivity index (χ0) is 12.1. The minimum atomic E-state index is -0.461. The molecule has 0 heterocycles. The van der Waals surface area contributed by atoms with Crippen molar-refractivity contribution in [1.29, 1.82) is 0 Å². The Hall–Kier alpha value is -1.23. The number of esters is 1. The van der Waals surface area contributed by atoms with Crippen molar-refractivity contribution in [3.63, 3.8) is 0 Å². The highest BCUT2D eigenvalue weighted by atomic mass is 79.9. The number of benzene rings is 1. The number of ether oxygens (including phenoxy) is 3. The second-order valence-electron chi connectivity index (χ2n) is 2.88. The summed E-state index contributed by atoms with van der Waals surface area (Å²) >= 11 is 3.30. The molecule has 0 unspecified atom stereocenters. The highest BCUT2D eigenvalue weighted by molar-refractivity contribution is 9.10. The molecule has 0 saturated carbocycles. The van der Waals surface area contributed by atoms with E-state index in [4.69, 9.17) is 14.2 Å². The molecular weight excluding hydrogens is 276 g/mol. The largest absolute Gasteiger partial charge is 0.496 e. The van der Waals surface area contributed by atoms with Gasteiger partial charge in [-0.3, -0.25) is 0 Å². The van der Waals surface area contributed by atoms with Crippen molar-refractivity contribution >= 4 is 21.9 Å². The van der Waals surface area contributed by atoms with Gasteiger partial charge in [0.05, 0.1) is 25.3 Å². The number of methoxy groups -OCH3 is 2. The van der Waals surface area contributed by atoms with E-state index in [1.54, 1.807) is 19.1 Å². The molecule has 0 aliphatic rings. The van der Waals surface area contributed by atoms with Crippen molar-refractivity contribution in [2.24, 2.45) is 0 Å². The zero-order valence-electron chi connectivity index (χ0n) is 9.37. The lowest BCUT2D eigenvalue weighted by molar-refractivity contribution is 0.0518. The van der Waals surface area contributed by atoms with E-state index in [1.165, 1.54) is 14.2 Å². The molecule has 5 heteroatoms. The van der Waals surface area contributed by atoms with E-state index in [0.29, 0.717) is 28.1 Å². The molecule has 0 bridgehead atoms. The Labute approximate surface area is 103 Å². The lowest BCUT2D eigenvalue weighted by atomic mass is 10.2. The summed E-state index contributed by atoms with van der Waals surface area (Å²) in [7, 11) is 2.98. The maximum absolute atomic E-state index is 11.8. The Balaban J connectivity index is 3.30. The van der Waals surface area contributed by atoms with Crippen LogP contribution in [0.1, 0.15) is 17.3 Å². The van der Waals surface area contributed by atoms with Crippen molar-refractivity contribution in [1.82, 2.24) is 0 Å². The quantitative estimate of drug-likeness (QED) is 0.799. The van der Waals surface area contributed by atoms with Gasteiger partial charge < -0.3 is 14.2 Å². The topological polar surface area (TPSA) is 44.8 Å². The van der Waals surface area contributed by atoms with E-state index < -0.39 is 5.97 Å². The molecule has 4 nitrogen and oxygen atoms in total. The highest BCUT2D eigenvalue weighted by Crippen LogP contribution is 2.35. The Kier molecular flexibility index (Phi) is 4.61. The van der Waals surface area contributed by atoms with Crippen LogP contribution in [0.3, 0.4) is 0 Å². The molecule has 1 rings (SSSR count). The van der Waals surface area contributed by atoms with Crippen LogP contribution in [0.5, 0.6) is 11.5 Å². The van der Waals surface area contributed by atoms with Crippen molar-refractivity contribution in [2.45, 2.75) is 6.92 Å². The van der Waals surface area contributed by atoms with Crippen LogP contribution < -0.4 is 9.47 Å². The standard InChI is InChI=1S/C11H13BrO4/c1-4-16-11(13)9-8(14-2)6-5-7(12)10(9)15-3/h5-6H,4H2,1-3H3. The first-order chi connectivity index (χ1) is 7.65. The summed E-state index contributed by atoms with van der Waals surface area (Å²) < 4.78 is 15.9. The van der Waals surface area contributed by atoms with E-state index in [-0.39, 0.29) is 0 Å². The van der Waals surface area contributed by atoms with E-state index >= 15 is 0 Å². The van der Waals surface area contributed by atoms with Gasteiger partial charge in [-0.2, -0.15) is 0 Å². The zero-order valence-corrected chi connectivity index (χ0v) is 11.0. The molecule has 0 aliphatic carbocycles. The van der Waals surface area contributed by atoms with Crippen LogP contribution in [-0.2, 0) is 4.74 Å². The summed E-state index contributed by atoms with van der Waals surface area (Å²) in [4.78, 5) is 11.8. The number of carbonyl (C=O) groups is 1. The molecule has 0 radical (unpaired) electrons. The summed E-state index contributed by atoms with van der Waals surface area (Å²) in [5.74, 6) is 0.383. The van der Waals surface area contributed by atoms with Crippen LogP contribution in [-0.4, -0.2) is 26.8 Å². The second kappa shape index (κ2) is 5.75. The summed E-state index contributed by atoms with van der Waals surface area (Å²) in [5.41, 5.74) is 0.293. The maximum Gasteiger partial charge on any atom is 0.345 e. The molecule has 0 N–H and O–H groups in total. The summed E-state index contributed by atoms with van der Waals surface area (Å²) in [6.45, 7) is 2.05. The minimum absolute atomic E-state index is 0.293. The first-order valence-electron chi connectivity index (χ1n) is 4.73. The van der Waals surface area contributed by atoms with Gasteiger partial charge in [-0.25, -0.2) is 4.79 Å². The van der Waals surface area contributed by atoms with Gasteiger partial charge in [0, 0.05) is 0 Å².